The summed E-state index contributed by atoms with van der Waals surface area (Å²) in [6.45, 7) is 3.33. The van der Waals surface area contributed by atoms with Crippen molar-refractivity contribution in [2.45, 2.75) is 19.8 Å². The van der Waals surface area contributed by atoms with E-state index < -0.39 is 0 Å². The quantitative estimate of drug-likeness (QED) is 0.826. The normalized spacial score (nSPS) is 17.1. The van der Waals surface area contributed by atoms with E-state index in [4.69, 9.17) is 4.74 Å². The average molecular weight is 220 g/mol. The van der Waals surface area contributed by atoms with Crippen LogP contribution in [0.5, 0.6) is 0 Å². The van der Waals surface area contributed by atoms with Gasteiger partial charge >= 0.3 is 0 Å². The van der Waals surface area contributed by atoms with Crippen molar-refractivity contribution in [2.24, 2.45) is 5.92 Å². The summed E-state index contributed by atoms with van der Waals surface area (Å²) in [5, 5.41) is 2.83. The summed E-state index contributed by atoms with van der Waals surface area (Å²) in [5.74, 6) is 0.749. The maximum absolute atomic E-state index is 11.8. The second-order valence-corrected chi connectivity index (χ2v) is 4.10. The van der Waals surface area contributed by atoms with Crippen LogP contribution in [0.3, 0.4) is 0 Å². The Morgan fingerprint density at radius 1 is 1.44 bits per heavy atom. The van der Waals surface area contributed by atoms with Gasteiger partial charge in [-0.3, -0.25) is 4.79 Å². The average Bonchev–Trinajstić information content (AvgIpc) is 2.33. The highest BCUT2D eigenvalue weighted by atomic mass is 16.5. The van der Waals surface area contributed by atoms with E-state index in [0.29, 0.717) is 19.0 Å². The Morgan fingerprint density at radius 2 is 2.19 bits per heavy atom. The van der Waals surface area contributed by atoms with Crippen LogP contribution in [0, 0.1) is 12.8 Å². The van der Waals surface area contributed by atoms with Crippen LogP contribution in [0.2, 0.25) is 0 Å². The fraction of sp³-hybridized carbons (Fsp3) is 0.500. The first-order valence-corrected chi connectivity index (χ1v) is 5.57. The highest BCUT2D eigenvalue weighted by molar-refractivity contribution is 5.91. The van der Waals surface area contributed by atoms with Gasteiger partial charge in [0.05, 0.1) is 0 Å². The molecule has 4 nitrogen and oxygen atoms in total. The van der Waals surface area contributed by atoms with Gasteiger partial charge in [-0.05, 0) is 31.4 Å². The Morgan fingerprint density at radius 3 is 2.81 bits per heavy atom. The first kappa shape index (κ1) is 11.1. The van der Waals surface area contributed by atoms with Gasteiger partial charge in [-0.2, -0.15) is 0 Å². The van der Waals surface area contributed by atoms with E-state index in [2.05, 4.69) is 10.3 Å². The lowest BCUT2D eigenvalue weighted by Crippen LogP contribution is -2.28. The van der Waals surface area contributed by atoms with E-state index >= 15 is 0 Å². The fourth-order valence-electron chi connectivity index (χ4n) is 1.73. The van der Waals surface area contributed by atoms with Crippen molar-refractivity contribution >= 4 is 11.7 Å². The fourth-order valence-corrected chi connectivity index (χ4v) is 1.73. The van der Waals surface area contributed by atoms with Gasteiger partial charge in [0.25, 0.3) is 0 Å². The first-order valence-electron chi connectivity index (χ1n) is 5.57. The Kier molecular flexibility index (Phi) is 3.51. The number of nitrogens with zero attached hydrogens (tertiary/aromatic N) is 1. The van der Waals surface area contributed by atoms with Gasteiger partial charge in [0.2, 0.25) is 5.91 Å². The number of pyridine rings is 1. The molecular weight excluding hydrogens is 204 g/mol. The van der Waals surface area contributed by atoms with Crippen molar-refractivity contribution in [2.75, 3.05) is 18.5 Å². The number of ether oxygens (including phenoxy) is 1. The van der Waals surface area contributed by atoms with Gasteiger partial charge in [-0.15, -0.1) is 0 Å². The molecule has 1 fully saturated rings. The van der Waals surface area contributed by atoms with Crippen molar-refractivity contribution in [3.63, 3.8) is 0 Å². The Hall–Kier alpha value is -1.42. The third-order valence-electron chi connectivity index (χ3n) is 2.75. The molecule has 0 unspecified atom stereocenters. The number of carbonyl (C=O) groups is 1. The topological polar surface area (TPSA) is 51.2 Å². The second-order valence-electron chi connectivity index (χ2n) is 4.10. The van der Waals surface area contributed by atoms with Crippen LogP contribution in [0.1, 0.15) is 18.4 Å². The molecule has 2 rings (SSSR count). The van der Waals surface area contributed by atoms with Crippen LogP contribution in [0.15, 0.2) is 18.3 Å². The van der Waals surface area contributed by atoms with E-state index in [-0.39, 0.29) is 11.8 Å². The minimum Gasteiger partial charge on any atom is -0.381 e. The van der Waals surface area contributed by atoms with Gasteiger partial charge in [-0.1, -0.05) is 6.07 Å². The summed E-state index contributed by atoms with van der Waals surface area (Å²) in [7, 11) is 0. The molecule has 2 heterocycles. The van der Waals surface area contributed by atoms with Crippen LogP contribution in [-0.4, -0.2) is 24.1 Å². The number of rotatable bonds is 2. The van der Waals surface area contributed by atoms with Gasteiger partial charge in [0, 0.05) is 25.3 Å². The third-order valence-corrected chi connectivity index (χ3v) is 2.75. The standard InChI is InChI=1S/C12H16N2O2/c1-9-2-3-11(13-8-9)14-12(15)10-4-6-16-7-5-10/h2-3,8,10H,4-7H2,1H3,(H,13,14,15). The zero-order valence-corrected chi connectivity index (χ0v) is 9.40. The van der Waals surface area contributed by atoms with E-state index in [1.54, 1.807) is 6.20 Å². The smallest absolute Gasteiger partial charge is 0.228 e. The highest BCUT2D eigenvalue weighted by Gasteiger charge is 2.21. The molecule has 0 saturated carbocycles. The van der Waals surface area contributed by atoms with E-state index in [9.17, 15) is 4.79 Å². The number of hydrogen-bond donors (Lipinski definition) is 1. The van der Waals surface area contributed by atoms with Gasteiger partial charge < -0.3 is 10.1 Å². The number of amides is 1. The summed E-state index contributed by atoms with van der Waals surface area (Å²) in [4.78, 5) is 16.0. The molecule has 1 aromatic rings. The molecule has 0 aromatic carbocycles. The van der Waals surface area contributed by atoms with E-state index in [0.717, 1.165) is 18.4 Å². The maximum atomic E-state index is 11.8. The summed E-state index contributed by atoms with van der Waals surface area (Å²) < 4.78 is 5.22. The van der Waals surface area contributed by atoms with Gasteiger partial charge in [0.15, 0.2) is 0 Å². The minimum absolute atomic E-state index is 0.0552. The number of nitrogens with one attached hydrogen (secondary N) is 1. The van der Waals surface area contributed by atoms with Crippen LogP contribution < -0.4 is 5.32 Å². The van der Waals surface area contributed by atoms with Crippen molar-refractivity contribution in [3.05, 3.63) is 23.9 Å². The summed E-state index contributed by atoms with van der Waals surface area (Å²) >= 11 is 0. The molecule has 0 aliphatic carbocycles. The summed E-state index contributed by atoms with van der Waals surface area (Å²) in [6, 6.07) is 3.76. The predicted octanol–water partition coefficient (Wildman–Crippen LogP) is 1.76. The molecular formula is C12H16N2O2. The summed E-state index contributed by atoms with van der Waals surface area (Å²) in [6.07, 6.45) is 3.36. The Balaban J connectivity index is 1.93. The molecule has 4 heteroatoms. The molecule has 1 aromatic heterocycles. The van der Waals surface area contributed by atoms with Crippen molar-refractivity contribution in [1.29, 1.82) is 0 Å². The zero-order valence-electron chi connectivity index (χ0n) is 9.40. The minimum atomic E-state index is 0.0552. The largest absolute Gasteiger partial charge is 0.381 e. The highest BCUT2D eigenvalue weighted by Crippen LogP contribution is 2.16. The lowest BCUT2D eigenvalue weighted by Gasteiger charge is -2.20. The van der Waals surface area contributed by atoms with Crippen molar-refractivity contribution in [3.8, 4) is 0 Å². The second kappa shape index (κ2) is 5.07. The molecule has 16 heavy (non-hydrogen) atoms. The molecule has 1 amide bonds. The molecule has 0 atom stereocenters. The molecule has 1 saturated heterocycles. The molecule has 0 spiro atoms. The van der Waals surface area contributed by atoms with Crippen LogP contribution >= 0.6 is 0 Å². The number of carbonyl (C=O) groups excluding carboxylic acids is 1. The number of aromatic nitrogens is 1. The first-order chi connectivity index (χ1) is 7.75. The monoisotopic (exact) mass is 220 g/mol. The van der Waals surface area contributed by atoms with Crippen LogP contribution in [0.25, 0.3) is 0 Å². The molecule has 0 bridgehead atoms. The van der Waals surface area contributed by atoms with Crippen LogP contribution in [-0.2, 0) is 9.53 Å². The van der Waals surface area contributed by atoms with E-state index in [1.807, 2.05) is 19.1 Å². The molecule has 1 aliphatic heterocycles. The van der Waals surface area contributed by atoms with Crippen molar-refractivity contribution in [1.82, 2.24) is 4.98 Å². The zero-order chi connectivity index (χ0) is 11.4. The molecule has 1 N–H and O–H groups in total. The third kappa shape index (κ3) is 2.79. The lowest BCUT2D eigenvalue weighted by atomic mass is 9.99. The molecule has 86 valence electrons. The maximum Gasteiger partial charge on any atom is 0.228 e. The van der Waals surface area contributed by atoms with Crippen molar-refractivity contribution < 1.29 is 9.53 Å². The number of anilines is 1. The Labute approximate surface area is 95.0 Å². The van der Waals surface area contributed by atoms with Gasteiger partial charge in [-0.25, -0.2) is 4.98 Å². The SMILES string of the molecule is Cc1ccc(NC(=O)C2CCOCC2)nc1. The predicted molar refractivity (Wildman–Crippen MR) is 61.1 cm³/mol. The molecule has 1 aliphatic rings. The van der Waals surface area contributed by atoms with E-state index in [1.165, 1.54) is 0 Å². The number of aryl methyl sites for hydroxylation is 1. The number of hydrogen-bond acceptors (Lipinski definition) is 3. The van der Waals surface area contributed by atoms with Gasteiger partial charge in [0.1, 0.15) is 5.82 Å². The Bertz CT molecular complexity index is 356. The lowest BCUT2D eigenvalue weighted by molar-refractivity contribution is -0.122. The van der Waals surface area contributed by atoms with Crippen LogP contribution in [0.4, 0.5) is 5.82 Å². The summed E-state index contributed by atoms with van der Waals surface area (Å²) in [5.41, 5.74) is 1.09. The molecule has 0 radical (unpaired) electrons.